The molecule has 2 N–H and O–H groups in total. The smallest absolute Gasteiger partial charge is 0.277 e. The molecule has 20 heavy (non-hydrogen) atoms. The molecule has 0 radical (unpaired) electrons. The van der Waals surface area contributed by atoms with Crippen LogP contribution in [0, 0.1) is 0 Å². The highest BCUT2D eigenvalue weighted by molar-refractivity contribution is 7.86. The van der Waals surface area contributed by atoms with Crippen LogP contribution in [-0.2, 0) is 21.5 Å². The minimum atomic E-state index is -3.76. The van der Waals surface area contributed by atoms with Crippen molar-refractivity contribution in [2.45, 2.75) is 25.5 Å². The molecule has 1 heterocycles. The zero-order valence-electron chi connectivity index (χ0n) is 11.5. The lowest BCUT2D eigenvalue weighted by atomic mass is 10.2. The molecular formula is C13H20N2O4S. The molecule has 1 atom stereocenters. The maximum absolute atomic E-state index is 11.7. The van der Waals surface area contributed by atoms with Crippen LogP contribution in [-0.4, -0.2) is 39.1 Å². The molecule has 1 saturated heterocycles. The standard InChI is InChI=1S/C13H20N2O4S/c1-18-12-5-2-4-11(8-12)9-15(20(14,16)17)10-13-6-3-7-19-13/h2,4-5,8,13H,3,6-7,9-10H2,1H3,(H2,14,16,17)/t13-/m0/s1. The lowest BCUT2D eigenvalue weighted by molar-refractivity contribution is 0.0926. The number of hydrogen-bond donors (Lipinski definition) is 1. The van der Waals surface area contributed by atoms with Crippen molar-refractivity contribution < 1.29 is 17.9 Å². The Morgan fingerprint density at radius 3 is 2.90 bits per heavy atom. The Labute approximate surface area is 119 Å². The number of nitrogens with two attached hydrogens (primary N) is 1. The summed E-state index contributed by atoms with van der Waals surface area (Å²) in [5.41, 5.74) is 0.830. The van der Waals surface area contributed by atoms with Crippen LogP contribution in [0.2, 0.25) is 0 Å². The highest BCUT2D eigenvalue weighted by Crippen LogP contribution is 2.18. The highest BCUT2D eigenvalue weighted by atomic mass is 32.2. The topological polar surface area (TPSA) is 81.9 Å². The molecule has 7 heteroatoms. The summed E-state index contributed by atoms with van der Waals surface area (Å²) < 4.78 is 35.2. The minimum absolute atomic E-state index is 0.0704. The summed E-state index contributed by atoms with van der Waals surface area (Å²) in [6, 6.07) is 7.27. The first-order valence-corrected chi connectivity index (χ1v) is 8.02. The summed E-state index contributed by atoms with van der Waals surface area (Å²) in [5.74, 6) is 0.689. The fourth-order valence-electron chi connectivity index (χ4n) is 2.25. The van der Waals surface area contributed by atoms with Crippen LogP contribution in [0.5, 0.6) is 5.75 Å². The lowest BCUT2D eigenvalue weighted by Gasteiger charge is -2.22. The molecule has 1 aromatic carbocycles. The van der Waals surface area contributed by atoms with E-state index in [-0.39, 0.29) is 19.2 Å². The SMILES string of the molecule is COc1cccc(CN(C[C@@H]2CCCO2)S(N)(=O)=O)c1. The van der Waals surface area contributed by atoms with Gasteiger partial charge in [-0.1, -0.05) is 12.1 Å². The van der Waals surface area contributed by atoms with Crippen LogP contribution in [0.15, 0.2) is 24.3 Å². The van der Waals surface area contributed by atoms with Gasteiger partial charge in [-0.3, -0.25) is 0 Å². The zero-order valence-corrected chi connectivity index (χ0v) is 12.3. The van der Waals surface area contributed by atoms with Gasteiger partial charge in [-0.15, -0.1) is 0 Å². The summed E-state index contributed by atoms with van der Waals surface area (Å²) in [6.45, 7) is 1.19. The van der Waals surface area contributed by atoms with E-state index in [4.69, 9.17) is 14.6 Å². The monoisotopic (exact) mass is 300 g/mol. The Balaban J connectivity index is 2.10. The van der Waals surface area contributed by atoms with Gasteiger partial charge in [0.25, 0.3) is 10.2 Å². The quantitative estimate of drug-likeness (QED) is 0.845. The van der Waals surface area contributed by atoms with E-state index in [1.165, 1.54) is 4.31 Å². The first kappa shape index (κ1) is 15.2. The third kappa shape index (κ3) is 4.17. The summed E-state index contributed by atoms with van der Waals surface area (Å²) in [6.07, 6.45) is 1.76. The molecule has 0 bridgehead atoms. The van der Waals surface area contributed by atoms with Crippen LogP contribution < -0.4 is 9.88 Å². The number of methoxy groups -OCH3 is 1. The van der Waals surface area contributed by atoms with Gasteiger partial charge in [0.2, 0.25) is 0 Å². The minimum Gasteiger partial charge on any atom is -0.497 e. The molecule has 1 aliphatic heterocycles. The van der Waals surface area contributed by atoms with E-state index < -0.39 is 10.2 Å². The first-order valence-electron chi connectivity index (χ1n) is 6.51. The van der Waals surface area contributed by atoms with Gasteiger partial charge in [-0.25, -0.2) is 5.14 Å². The number of rotatable bonds is 6. The fourth-order valence-corrected chi connectivity index (χ4v) is 2.95. The molecule has 0 aromatic heterocycles. The molecule has 1 aliphatic rings. The molecule has 1 fully saturated rings. The molecule has 112 valence electrons. The second kappa shape index (κ2) is 6.53. The van der Waals surface area contributed by atoms with Gasteiger partial charge in [0.05, 0.1) is 13.2 Å². The van der Waals surface area contributed by atoms with E-state index >= 15 is 0 Å². The van der Waals surface area contributed by atoms with Crippen molar-refractivity contribution in [3.05, 3.63) is 29.8 Å². The van der Waals surface area contributed by atoms with Gasteiger partial charge in [-0.05, 0) is 30.5 Å². The predicted molar refractivity (Wildman–Crippen MR) is 75.5 cm³/mol. The Morgan fingerprint density at radius 2 is 2.30 bits per heavy atom. The number of nitrogens with zero attached hydrogens (tertiary/aromatic N) is 1. The normalized spacial score (nSPS) is 19.4. The molecule has 0 unspecified atom stereocenters. The summed E-state index contributed by atoms with van der Waals surface area (Å²) >= 11 is 0. The maximum Gasteiger partial charge on any atom is 0.277 e. The van der Waals surface area contributed by atoms with Crippen molar-refractivity contribution in [3.8, 4) is 5.75 Å². The molecule has 0 amide bonds. The van der Waals surface area contributed by atoms with Crippen molar-refractivity contribution in [3.63, 3.8) is 0 Å². The highest BCUT2D eigenvalue weighted by Gasteiger charge is 2.25. The van der Waals surface area contributed by atoms with Crippen LogP contribution in [0.1, 0.15) is 18.4 Å². The van der Waals surface area contributed by atoms with E-state index in [0.717, 1.165) is 18.4 Å². The van der Waals surface area contributed by atoms with Crippen molar-refractivity contribution >= 4 is 10.2 Å². The fraction of sp³-hybridized carbons (Fsp3) is 0.538. The number of benzene rings is 1. The van der Waals surface area contributed by atoms with Crippen LogP contribution >= 0.6 is 0 Å². The van der Waals surface area contributed by atoms with E-state index in [1.54, 1.807) is 13.2 Å². The van der Waals surface area contributed by atoms with Gasteiger partial charge in [-0.2, -0.15) is 12.7 Å². The molecule has 2 rings (SSSR count). The third-order valence-corrected chi connectivity index (χ3v) is 4.28. The summed E-state index contributed by atoms with van der Waals surface area (Å²) in [7, 11) is -2.19. The number of ether oxygens (including phenoxy) is 2. The summed E-state index contributed by atoms with van der Waals surface area (Å²) in [5, 5.41) is 5.29. The van der Waals surface area contributed by atoms with E-state index in [1.807, 2.05) is 18.2 Å². The van der Waals surface area contributed by atoms with E-state index in [0.29, 0.717) is 12.4 Å². The lowest BCUT2D eigenvalue weighted by Crippen LogP contribution is -2.40. The second-order valence-corrected chi connectivity index (χ2v) is 6.37. The Hall–Kier alpha value is -1.15. The maximum atomic E-state index is 11.7. The molecule has 0 aliphatic carbocycles. The Kier molecular flexibility index (Phi) is 4.98. The molecule has 0 spiro atoms. The summed E-state index contributed by atoms with van der Waals surface area (Å²) in [4.78, 5) is 0. The van der Waals surface area contributed by atoms with Crippen LogP contribution in [0.25, 0.3) is 0 Å². The molecule has 0 saturated carbocycles. The van der Waals surface area contributed by atoms with Gasteiger partial charge in [0.1, 0.15) is 5.75 Å². The van der Waals surface area contributed by atoms with Crippen molar-refractivity contribution in [2.24, 2.45) is 5.14 Å². The Bertz CT molecular complexity index is 541. The first-order chi connectivity index (χ1) is 9.49. The van der Waals surface area contributed by atoms with Crippen molar-refractivity contribution in [2.75, 3.05) is 20.3 Å². The van der Waals surface area contributed by atoms with Gasteiger partial charge in [0.15, 0.2) is 0 Å². The predicted octanol–water partition coefficient (Wildman–Crippen LogP) is 0.880. The van der Waals surface area contributed by atoms with E-state index in [9.17, 15) is 8.42 Å². The van der Waals surface area contributed by atoms with E-state index in [2.05, 4.69) is 0 Å². The third-order valence-electron chi connectivity index (χ3n) is 3.28. The van der Waals surface area contributed by atoms with Crippen molar-refractivity contribution in [1.29, 1.82) is 0 Å². The molecular weight excluding hydrogens is 280 g/mol. The van der Waals surface area contributed by atoms with Gasteiger partial charge in [0, 0.05) is 19.7 Å². The molecule has 1 aromatic rings. The average Bonchev–Trinajstić information content (AvgIpc) is 2.90. The number of hydrogen-bond acceptors (Lipinski definition) is 4. The average molecular weight is 300 g/mol. The Morgan fingerprint density at radius 1 is 1.50 bits per heavy atom. The van der Waals surface area contributed by atoms with Crippen LogP contribution in [0.3, 0.4) is 0 Å². The zero-order chi connectivity index (χ0) is 14.6. The second-order valence-electron chi connectivity index (χ2n) is 4.82. The largest absolute Gasteiger partial charge is 0.497 e. The molecule has 6 nitrogen and oxygen atoms in total. The van der Waals surface area contributed by atoms with Gasteiger partial charge < -0.3 is 9.47 Å². The van der Waals surface area contributed by atoms with Crippen molar-refractivity contribution in [1.82, 2.24) is 4.31 Å². The van der Waals surface area contributed by atoms with Crippen LogP contribution in [0.4, 0.5) is 0 Å². The van der Waals surface area contributed by atoms with Gasteiger partial charge >= 0.3 is 0 Å².